The Labute approximate surface area is 127 Å². The zero-order chi connectivity index (χ0) is 15.5. The first kappa shape index (κ1) is 17.3. The summed E-state index contributed by atoms with van der Waals surface area (Å²) in [5.74, 6) is 1.70. The van der Waals surface area contributed by atoms with Crippen LogP contribution in [-0.2, 0) is 11.3 Å². The molecule has 0 heterocycles. The van der Waals surface area contributed by atoms with Crippen molar-refractivity contribution in [2.24, 2.45) is 0 Å². The minimum atomic E-state index is 0.0400. The first-order valence-corrected chi connectivity index (χ1v) is 7.42. The summed E-state index contributed by atoms with van der Waals surface area (Å²) in [6.45, 7) is 4.37. The number of nitrogens with one attached hydrogen (secondary N) is 2. The number of ether oxygens (including phenoxy) is 2. The summed E-state index contributed by atoms with van der Waals surface area (Å²) in [5.41, 5.74) is 1.07. The summed E-state index contributed by atoms with van der Waals surface area (Å²) < 4.78 is 11.0. The molecular formula is C16H26N2O3. The van der Waals surface area contributed by atoms with Gasteiger partial charge < -0.3 is 20.1 Å². The van der Waals surface area contributed by atoms with Crippen LogP contribution in [0, 0.1) is 0 Å². The molecule has 2 N–H and O–H groups in total. The Hall–Kier alpha value is -1.75. The van der Waals surface area contributed by atoms with Gasteiger partial charge in [-0.05, 0) is 37.6 Å². The maximum atomic E-state index is 11.2. The predicted octanol–water partition coefficient (Wildman–Crippen LogP) is 2.10. The van der Waals surface area contributed by atoms with E-state index in [9.17, 15) is 4.79 Å². The van der Waals surface area contributed by atoms with Gasteiger partial charge in [0, 0.05) is 25.6 Å². The number of hydrogen-bond acceptors (Lipinski definition) is 4. The van der Waals surface area contributed by atoms with Gasteiger partial charge in [-0.3, -0.25) is 4.79 Å². The Kier molecular flexibility index (Phi) is 8.28. The minimum Gasteiger partial charge on any atom is -0.497 e. The van der Waals surface area contributed by atoms with E-state index in [1.54, 1.807) is 14.2 Å². The fourth-order valence-corrected chi connectivity index (χ4v) is 1.90. The highest BCUT2D eigenvalue weighted by molar-refractivity contribution is 5.75. The van der Waals surface area contributed by atoms with E-state index in [1.807, 2.05) is 18.2 Å². The normalized spacial score (nSPS) is 10.2. The summed E-state index contributed by atoms with van der Waals surface area (Å²) in [4.78, 5) is 11.2. The van der Waals surface area contributed by atoms with Crippen molar-refractivity contribution in [2.45, 2.75) is 32.7 Å². The fraction of sp³-hybridized carbons (Fsp3) is 0.562. The Balaban J connectivity index is 2.55. The third kappa shape index (κ3) is 6.49. The zero-order valence-corrected chi connectivity index (χ0v) is 13.2. The SMILES string of the molecule is CCCNCc1cc(OC)ccc1OCCCC(=O)NC. The molecule has 0 aliphatic carbocycles. The van der Waals surface area contributed by atoms with Crippen LogP contribution in [0.25, 0.3) is 0 Å². The minimum absolute atomic E-state index is 0.0400. The number of carbonyl (C=O) groups is 1. The molecule has 118 valence electrons. The molecule has 0 aliphatic heterocycles. The van der Waals surface area contributed by atoms with Gasteiger partial charge >= 0.3 is 0 Å². The van der Waals surface area contributed by atoms with Crippen LogP contribution >= 0.6 is 0 Å². The molecule has 1 aromatic carbocycles. The van der Waals surface area contributed by atoms with Crippen molar-refractivity contribution in [3.8, 4) is 11.5 Å². The molecule has 0 spiro atoms. The van der Waals surface area contributed by atoms with E-state index in [2.05, 4.69) is 17.6 Å². The van der Waals surface area contributed by atoms with E-state index in [0.717, 1.165) is 36.6 Å². The van der Waals surface area contributed by atoms with Gasteiger partial charge in [0.1, 0.15) is 11.5 Å². The second-order valence-electron chi connectivity index (χ2n) is 4.78. The molecule has 5 heteroatoms. The molecule has 21 heavy (non-hydrogen) atoms. The van der Waals surface area contributed by atoms with Gasteiger partial charge in [0.15, 0.2) is 0 Å². The van der Waals surface area contributed by atoms with Crippen LogP contribution in [0.5, 0.6) is 11.5 Å². The van der Waals surface area contributed by atoms with Crippen molar-refractivity contribution in [3.05, 3.63) is 23.8 Å². The number of benzene rings is 1. The lowest BCUT2D eigenvalue weighted by molar-refractivity contribution is -0.120. The summed E-state index contributed by atoms with van der Waals surface area (Å²) in [6.07, 6.45) is 2.27. The summed E-state index contributed by atoms with van der Waals surface area (Å²) >= 11 is 0. The largest absolute Gasteiger partial charge is 0.497 e. The van der Waals surface area contributed by atoms with Gasteiger partial charge in [0.25, 0.3) is 0 Å². The molecule has 5 nitrogen and oxygen atoms in total. The molecule has 0 bridgehead atoms. The standard InChI is InChI=1S/C16H26N2O3/c1-4-9-18-12-13-11-14(20-3)7-8-15(13)21-10-5-6-16(19)17-2/h7-8,11,18H,4-6,9-10,12H2,1-3H3,(H,17,19). The Morgan fingerprint density at radius 3 is 2.81 bits per heavy atom. The highest BCUT2D eigenvalue weighted by atomic mass is 16.5. The highest BCUT2D eigenvalue weighted by Gasteiger charge is 2.06. The average molecular weight is 294 g/mol. The van der Waals surface area contributed by atoms with E-state index >= 15 is 0 Å². The van der Waals surface area contributed by atoms with E-state index in [4.69, 9.17) is 9.47 Å². The van der Waals surface area contributed by atoms with Crippen molar-refractivity contribution in [2.75, 3.05) is 27.3 Å². The second-order valence-corrected chi connectivity index (χ2v) is 4.78. The summed E-state index contributed by atoms with van der Waals surface area (Å²) in [5, 5.41) is 5.96. The number of rotatable bonds is 10. The Morgan fingerprint density at radius 1 is 1.33 bits per heavy atom. The van der Waals surface area contributed by atoms with Crippen LogP contribution < -0.4 is 20.1 Å². The zero-order valence-electron chi connectivity index (χ0n) is 13.2. The molecule has 0 saturated heterocycles. The molecule has 1 rings (SSSR count). The lowest BCUT2D eigenvalue weighted by atomic mass is 10.2. The third-order valence-electron chi connectivity index (χ3n) is 3.09. The van der Waals surface area contributed by atoms with Gasteiger partial charge in [0.05, 0.1) is 13.7 Å². The van der Waals surface area contributed by atoms with Gasteiger partial charge in [-0.2, -0.15) is 0 Å². The number of hydrogen-bond donors (Lipinski definition) is 2. The molecular weight excluding hydrogens is 268 g/mol. The molecule has 1 aromatic rings. The van der Waals surface area contributed by atoms with Crippen LogP contribution in [0.1, 0.15) is 31.7 Å². The lowest BCUT2D eigenvalue weighted by Crippen LogP contribution is -2.18. The number of methoxy groups -OCH3 is 1. The van der Waals surface area contributed by atoms with Crippen LogP contribution in [0.2, 0.25) is 0 Å². The number of carbonyl (C=O) groups excluding carboxylic acids is 1. The predicted molar refractivity (Wildman–Crippen MR) is 83.8 cm³/mol. The maximum Gasteiger partial charge on any atom is 0.219 e. The highest BCUT2D eigenvalue weighted by Crippen LogP contribution is 2.24. The molecule has 0 fully saturated rings. The summed E-state index contributed by atoms with van der Waals surface area (Å²) in [7, 11) is 3.30. The lowest BCUT2D eigenvalue weighted by Gasteiger charge is -2.13. The quantitative estimate of drug-likeness (QED) is 0.649. The monoisotopic (exact) mass is 294 g/mol. The number of amides is 1. The van der Waals surface area contributed by atoms with Gasteiger partial charge in [0.2, 0.25) is 5.91 Å². The smallest absolute Gasteiger partial charge is 0.219 e. The van der Waals surface area contributed by atoms with Crippen LogP contribution in [0.4, 0.5) is 0 Å². The summed E-state index contributed by atoms with van der Waals surface area (Å²) in [6, 6.07) is 5.79. The van der Waals surface area contributed by atoms with Gasteiger partial charge in [-0.25, -0.2) is 0 Å². The Bertz CT molecular complexity index is 436. The average Bonchev–Trinajstić information content (AvgIpc) is 2.52. The van der Waals surface area contributed by atoms with Crippen molar-refractivity contribution in [1.82, 2.24) is 10.6 Å². The van der Waals surface area contributed by atoms with Crippen molar-refractivity contribution >= 4 is 5.91 Å². The van der Waals surface area contributed by atoms with Crippen LogP contribution in [0.15, 0.2) is 18.2 Å². The Morgan fingerprint density at radius 2 is 2.14 bits per heavy atom. The van der Waals surface area contributed by atoms with E-state index < -0.39 is 0 Å². The maximum absolute atomic E-state index is 11.2. The first-order valence-electron chi connectivity index (χ1n) is 7.42. The molecule has 0 saturated carbocycles. The molecule has 0 aromatic heterocycles. The molecule has 0 atom stereocenters. The van der Waals surface area contributed by atoms with Gasteiger partial charge in [-0.15, -0.1) is 0 Å². The van der Waals surface area contributed by atoms with Crippen molar-refractivity contribution in [1.29, 1.82) is 0 Å². The van der Waals surface area contributed by atoms with E-state index in [0.29, 0.717) is 19.4 Å². The van der Waals surface area contributed by atoms with Crippen molar-refractivity contribution < 1.29 is 14.3 Å². The van der Waals surface area contributed by atoms with Crippen molar-refractivity contribution in [3.63, 3.8) is 0 Å². The first-order chi connectivity index (χ1) is 10.2. The van der Waals surface area contributed by atoms with Gasteiger partial charge in [-0.1, -0.05) is 6.92 Å². The second kappa shape index (κ2) is 10.0. The molecule has 0 radical (unpaired) electrons. The topological polar surface area (TPSA) is 59.6 Å². The van der Waals surface area contributed by atoms with Crippen LogP contribution in [0.3, 0.4) is 0 Å². The molecule has 1 amide bonds. The molecule has 0 aliphatic rings. The van der Waals surface area contributed by atoms with E-state index in [1.165, 1.54) is 0 Å². The molecule has 0 unspecified atom stereocenters. The fourth-order valence-electron chi connectivity index (χ4n) is 1.90. The van der Waals surface area contributed by atoms with E-state index in [-0.39, 0.29) is 5.91 Å². The van der Waals surface area contributed by atoms with Crippen LogP contribution in [-0.4, -0.2) is 33.2 Å². The third-order valence-corrected chi connectivity index (χ3v) is 3.09.